The fourth-order valence-electron chi connectivity index (χ4n) is 3.62. The van der Waals surface area contributed by atoms with Crippen molar-refractivity contribution >= 4 is 30.6 Å². The Morgan fingerprint density at radius 3 is 2.36 bits per heavy atom. The molecule has 0 fully saturated rings. The molecule has 1 amide bonds. The minimum absolute atomic E-state index is 0.0987. The zero-order valence-electron chi connectivity index (χ0n) is 26.6. The van der Waals surface area contributed by atoms with Crippen molar-refractivity contribution in [1.29, 1.82) is 0 Å². The van der Waals surface area contributed by atoms with Gasteiger partial charge in [-0.25, -0.2) is 29.0 Å². The molecule has 0 aromatic carbocycles. The first kappa shape index (κ1) is 40.6. The van der Waals surface area contributed by atoms with E-state index >= 15 is 0 Å². The zero-order chi connectivity index (χ0) is 32.5. The van der Waals surface area contributed by atoms with Crippen molar-refractivity contribution in [3.8, 4) is 0 Å². The largest absolute Gasteiger partial charge is 0.462 e. The molecule has 0 saturated heterocycles. The Hall–Kier alpha value is -3.41. The van der Waals surface area contributed by atoms with Crippen LogP contribution in [0, 0.1) is 0 Å². The smallest absolute Gasteiger partial charge is 0.407 e. The lowest BCUT2D eigenvalue weighted by molar-refractivity contribution is -0.328. The molecule has 14 nitrogen and oxygen atoms in total. The molecule has 250 valence electrons. The van der Waals surface area contributed by atoms with Gasteiger partial charge in [0.25, 0.3) is 0 Å². The molecule has 0 bridgehead atoms. The number of carbonyl (C=O) groups excluding carboxylic acids is 4. The van der Waals surface area contributed by atoms with E-state index in [9.17, 15) is 19.2 Å². The van der Waals surface area contributed by atoms with Gasteiger partial charge < -0.3 is 19.6 Å². The molecule has 0 aromatic rings. The lowest BCUT2D eigenvalue weighted by Gasteiger charge is -2.20. The van der Waals surface area contributed by atoms with Crippen molar-refractivity contribution in [2.45, 2.75) is 103 Å². The summed E-state index contributed by atoms with van der Waals surface area (Å²) in [6.45, 7) is 9.68. The molecule has 44 heavy (non-hydrogen) atoms. The number of esters is 1. The van der Waals surface area contributed by atoms with E-state index in [1.54, 1.807) is 13.0 Å². The van der Waals surface area contributed by atoms with Crippen LogP contribution in [0.1, 0.15) is 97.3 Å². The third-order valence-corrected chi connectivity index (χ3v) is 6.07. The Kier molecular flexibility index (Phi) is 28.6. The summed E-state index contributed by atoms with van der Waals surface area (Å²) in [6, 6.07) is 0. The van der Waals surface area contributed by atoms with Crippen molar-refractivity contribution in [2.75, 3.05) is 46.1 Å². The first-order valence-electron chi connectivity index (χ1n) is 15.6. The van der Waals surface area contributed by atoms with E-state index in [2.05, 4.69) is 39.1 Å². The summed E-state index contributed by atoms with van der Waals surface area (Å²) < 4.78 is 10.0. The minimum Gasteiger partial charge on any atom is -0.462 e. The van der Waals surface area contributed by atoms with Gasteiger partial charge in [0.05, 0.1) is 26.3 Å². The van der Waals surface area contributed by atoms with Crippen LogP contribution in [-0.4, -0.2) is 88.1 Å². The lowest BCUT2D eigenvalue weighted by atomic mass is 10.2. The number of ether oxygens (including phenoxy) is 2. The minimum atomic E-state index is -0.505. The van der Waals surface area contributed by atoms with Gasteiger partial charge in [0.2, 0.25) is 12.2 Å². The Morgan fingerprint density at radius 1 is 0.909 bits per heavy atom. The van der Waals surface area contributed by atoms with E-state index in [0.717, 1.165) is 70.6 Å². The average molecular weight is 625 g/mol. The number of hydrogen-bond acceptors (Lipinski definition) is 13. The van der Waals surface area contributed by atoms with Gasteiger partial charge in [-0.3, -0.25) is 10.3 Å². The number of hydrogen-bond donors (Lipinski definition) is 2. The van der Waals surface area contributed by atoms with E-state index in [-0.39, 0.29) is 26.1 Å². The first-order chi connectivity index (χ1) is 21.4. The number of alkyl carbamates (subject to hydrolysis) is 1. The van der Waals surface area contributed by atoms with E-state index in [1.165, 1.54) is 17.7 Å². The van der Waals surface area contributed by atoms with Gasteiger partial charge in [0, 0.05) is 25.1 Å². The number of amides is 1. The molecular weight excluding hydrogens is 572 g/mol. The van der Waals surface area contributed by atoms with E-state index in [0.29, 0.717) is 44.6 Å². The number of carbonyl (C=O) groups is 2. The number of aliphatic imine (C=N–C) groups is 3. The van der Waals surface area contributed by atoms with E-state index in [1.807, 2.05) is 0 Å². The van der Waals surface area contributed by atoms with Crippen molar-refractivity contribution in [1.82, 2.24) is 15.9 Å². The van der Waals surface area contributed by atoms with Gasteiger partial charge in [-0.1, -0.05) is 52.0 Å². The second-order valence-electron chi connectivity index (χ2n) is 10.0. The highest BCUT2D eigenvalue weighted by Gasteiger charge is 2.10. The normalized spacial score (nSPS) is 11.4. The molecular formula is C30H52N6O8. The molecule has 0 saturated carbocycles. The summed E-state index contributed by atoms with van der Waals surface area (Å²) in [5.41, 5.74) is 0.327. The van der Waals surface area contributed by atoms with Gasteiger partial charge in [-0.2, -0.15) is 4.99 Å². The second kappa shape index (κ2) is 31.0. The molecule has 0 spiro atoms. The monoisotopic (exact) mass is 624 g/mol. The quantitative estimate of drug-likeness (QED) is 0.0167. The number of rotatable bonds is 30. The Balaban J connectivity index is 4.31. The first-order valence-corrected chi connectivity index (χ1v) is 15.6. The molecule has 0 aromatic heterocycles. The second-order valence-corrected chi connectivity index (χ2v) is 10.0. The summed E-state index contributed by atoms with van der Waals surface area (Å²) in [5.74, 6) is -0.460. The highest BCUT2D eigenvalue weighted by atomic mass is 16.9. The molecule has 14 heteroatoms. The summed E-state index contributed by atoms with van der Waals surface area (Å²) in [6.07, 6.45) is 14.8. The molecule has 0 aliphatic heterocycles. The standard InChI is InChI=1S/C30H52N6O8/c1-4-5-10-16-28(34-24-38)35-26-44-36(43-25-32-18-12-7-6-11-17-31-23-37)20-14-9-8-13-19-33-30(40)42-22-15-21-41-29(39)27(2)3/h25,28,35H,2,4-22,26H2,1,3H3,(H,33,40). The van der Waals surface area contributed by atoms with Crippen LogP contribution in [0.3, 0.4) is 0 Å². The van der Waals surface area contributed by atoms with Gasteiger partial charge in [0.15, 0.2) is 6.40 Å². The highest BCUT2D eigenvalue weighted by Crippen LogP contribution is 2.06. The van der Waals surface area contributed by atoms with Crippen LogP contribution in [0.2, 0.25) is 0 Å². The van der Waals surface area contributed by atoms with Crippen molar-refractivity contribution in [3.63, 3.8) is 0 Å². The predicted molar refractivity (Wildman–Crippen MR) is 166 cm³/mol. The van der Waals surface area contributed by atoms with Crippen LogP contribution in [0.25, 0.3) is 0 Å². The summed E-state index contributed by atoms with van der Waals surface area (Å²) in [4.78, 5) is 66.8. The van der Waals surface area contributed by atoms with Gasteiger partial charge >= 0.3 is 12.1 Å². The molecule has 0 heterocycles. The van der Waals surface area contributed by atoms with Crippen LogP contribution < -0.4 is 10.6 Å². The molecule has 0 rings (SSSR count). The van der Waals surface area contributed by atoms with Crippen LogP contribution in [-0.2, 0) is 33.5 Å². The Bertz CT molecular complexity index is 891. The lowest BCUT2D eigenvalue weighted by Crippen LogP contribution is -2.35. The summed E-state index contributed by atoms with van der Waals surface area (Å²) >= 11 is 0. The number of nitrogens with one attached hydrogen (secondary N) is 2. The van der Waals surface area contributed by atoms with Crippen LogP contribution >= 0.6 is 0 Å². The Morgan fingerprint density at radius 2 is 1.64 bits per heavy atom. The maximum Gasteiger partial charge on any atom is 0.407 e. The predicted octanol–water partition coefficient (Wildman–Crippen LogP) is 4.66. The zero-order valence-corrected chi connectivity index (χ0v) is 26.6. The third-order valence-electron chi connectivity index (χ3n) is 6.07. The molecule has 0 aliphatic carbocycles. The topological polar surface area (TPSA) is 170 Å². The van der Waals surface area contributed by atoms with Crippen molar-refractivity contribution in [3.05, 3.63) is 12.2 Å². The average Bonchev–Trinajstić information content (AvgIpc) is 3.00. The highest BCUT2D eigenvalue weighted by molar-refractivity contribution is 5.86. The van der Waals surface area contributed by atoms with Crippen LogP contribution in [0.5, 0.6) is 0 Å². The number of hydroxylamine groups is 2. The number of unbranched alkanes of at least 4 members (excludes halogenated alkanes) is 8. The maximum absolute atomic E-state index is 11.8. The van der Waals surface area contributed by atoms with Gasteiger partial charge in [-0.15, -0.1) is 0 Å². The molecule has 2 N–H and O–H groups in total. The van der Waals surface area contributed by atoms with E-state index < -0.39 is 12.1 Å². The van der Waals surface area contributed by atoms with Crippen LogP contribution in [0.15, 0.2) is 27.1 Å². The fourth-order valence-corrected chi connectivity index (χ4v) is 3.62. The van der Waals surface area contributed by atoms with Crippen molar-refractivity contribution in [2.24, 2.45) is 15.0 Å². The molecule has 1 unspecified atom stereocenters. The van der Waals surface area contributed by atoms with Crippen LogP contribution in [0.4, 0.5) is 4.79 Å². The summed E-state index contributed by atoms with van der Waals surface area (Å²) in [7, 11) is 0. The summed E-state index contributed by atoms with van der Waals surface area (Å²) in [5, 5.41) is 7.14. The number of nitrogens with zero attached hydrogens (tertiary/aromatic N) is 4. The maximum atomic E-state index is 11.8. The fraction of sp³-hybridized carbons (Fsp3) is 0.767. The van der Waals surface area contributed by atoms with Gasteiger partial charge in [-0.05, 0) is 50.7 Å². The SMILES string of the molecule is C=C(C)C(=O)OCCCOC(=O)NCCCCCCN(OC=NCCCCCCN=C=O)OCNC(CCCCC)N=C=O. The van der Waals surface area contributed by atoms with Gasteiger partial charge in [0.1, 0.15) is 12.9 Å². The Labute approximate surface area is 261 Å². The molecule has 0 radical (unpaired) electrons. The number of isocyanates is 2. The molecule has 0 aliphatic rings. The van der Waals surface area contributed by atoms with E-state index in [4.69, 9.17) is 19.1 Å². The van der Waals surface area contributed by atoms with Crippen molar-refractivity contribution < 1.29 is 38.3 Å². The third kappa shape index (κ3) is 27.4. The molecule has 1 atom stereocenters.